The van der Waals surface area contributed by atoms with Crippen LogP contribution < -0.4 is 10.6 Å². The Morgan fingerprint density at radius 2 is 2.16 bits per heavy atom. The fourth-order valence-corrected chi connectivity index (χ4v) is 2.45. The number of nitrogens with zero attached hydrogens (tertiary/aromatic N) is 4. The Balaban J connectivity index is 1.65. The van der Waals surface area contributed by atoms with Gasteiger partial charge >= 0.3 is 6.03 Å². The summed E-state index contributed by atoms with van der Waals surface area (Å²) in [5, 5.41) is 9.83. The maximum Gasteiger partial charge on any atom is 0.319 e. The number of carbonyl (C=O) groups excluding carboxylic acids is 1. The van der Waals surface area contributed by atoms with Crippen molar-refractivity contribution in [3.63, 3.8) is 0 Å². The number of urea groups is 1. The first-order valence-electron chi connectivity index (χ1n) is 7.85. The molecule has 0 aliphatic heterocycles. The van der Waals surface area contributed by atoms with Crippen molar-refractivity contribution in [3.8, 4) is 5.82 Å². The molecule has 3 heterocycles. The second-order valence-corrected chi connectivity index (χ2v) is 5.66. The molecule has 3 rings (SSSR count). The molecule has 3 aromatic heterocycles. The predicted molar refractivity (Wildman–Crippen MR) is 93.5 cm³/mol. The molecular formula is C17H20N6O2. The van der Waals surface area contributed by atoms with Crippen LogP contribution in [0.25, 0.3) is 5.82 Å². The maximum atomic E-state index is 12.3. The Labute approximate surface area is 145 Å². The van der Waals surface area contributed by atoms with Crippen molar-refractivity contribution in [2.24, 2.45) is 0 Å². The molecule has 2 N–H and O–H groups in total. The van der Waals surface area contributed by atoms with Crippen molar-refractivity contribution < 1.29 is 9.21 Å². The standard InChI is InChI=1S/C17H20N6O2/c1-22(2)14(15-7-4-11-25-15)12-19-17(24)21-13-6-3-8-18-16(13)23-10-5-9-20-23/h3-11,14H,12H2,1-2H3,(H2,19,21,24). The number of amides is 2. The summed E-state index contributed by atoms with van der Waals surface area (Å²) in [6, 6.07) is 8.68. The van der Waals surface area contributed by atoms with Crippen LogP contribution in [0.3, 0.4) is 0 Å². The molecule has 1 unspecified atom stereocenters. The first-order valence-corrected chi connectivity index (χ1v) is 7.85. The lowest BCUT2D eigenvalue weighted by Gasteiger charge is -2.22. The monoisotopic (exact) mass is 340 g/mol. The first-order chi connectivity index (χ1) is 12.1. The second kappa shape index (κ2) is 7.63. The average molecular weight is 340 g/mol. The Bertz CT molecular complexity index is 798. The van der Waals surface area contributed by atoms with E-state index in [0.29, 0.717) is 18.1 Å². The number of nitrogens with one attached hydrogen (secondary N) is 2. The zero-order chi connectivity index (χ0) is 17.6. The van der Waals surface area contributed by atoms with Crippen LogP contribution in [0.1, 0.15) is 11.8 Å². The number of aromatic nitrogens is 3. The molecule has 8 heteroatoms. The summed E-state index contributed by atoms with van der Waals surface area (Å²) >= 11 is 0. The summed E-state index contributed by atoms with van der Waals surface area (Å²) in [4.78, 5) is 18.6. The fraction of sp³-hybridized carbons (Fsp3) is 0.235. The lowest BCUT2D eigenvalue weighted by molar-refractivity contribution is 0.233. The lowest BCUT2D eigenvalue weighted by Crippen LogP contribution is -2.37. The van der Waals surface area contributed by atoms with Crippen molar-refractivity contribution in [2.75, 3.05) is 26.0 Å². The Hall–Kier alpha value is -3.13. The molecule has 8 nitrogen and oxygen atoms in total. The van der Waals surface area contributed by atoms with Gasteiger partial charge in [0.15, 0.2) is 5.82 Å². The molecule has 1 atom stereocenters. The molecule has 0 aromatic carbocycles. The van der Waals surface area contributed by atoms with E-state index in [2.05, 4.69) is 20.7 Å². The summed E-state index contributed by atoms with van der Waals surface area (Å²) < 4.78 is 7.04. The molecule has 0 fully saturated rings. The molecule has 2 amide bonds. The summed E-state index contributed by atoms with van der Waals surface area (Å²) in [5.41, 5.74) is 0.572. The van der Waals surface area contributed by atoms with Gasteiger partial charge in [0.2, 0.25) is 0 Å². The van der Waals surface area contributed by atoms with Gasteiger partial charge < -0.3 is 15.1 Å². The van der Waals surface area contributed by atoms with Crippen LogP contribution in [0.5, 0.6) is 0 Å². The highest BCUT2D eigenvalue weighted by atomic mass is 16.3. The van der Waals surface area contributed by atoms with Crippen LogP contribution in [0.2, 0.25) is 0 Å². The number of carbonyl (C=O) groups is 1. The molecule has 3 aromatic rings. The van der Waals surface area contributed by atoms with Crippen LogP contribution in [-0.4, -0.2) is 46.3 Å². The van der Waals surface area contributed by atoms with E-state index >= 15 is 0 Å². The Kier molecular flexibility index (Phi) is 5.10. The van der Waals surface area contributed by atoms with Crippen LogP contribution in [0, 0.1) is 0 Å². The zero-order valence-corrected chi connectivity index (χ0v) is 14.1. The summed E-state index contributed by atoms with van der Waals surface area (Å²) in [6.07, 6.45) is 6.70. The SMILES string of the molecule is CN(C)C(CNC(=O)Nc1cccnc1-n1cccn1)c1ccco1. The van der Waals surface area contributed by atoms with Crippen molar-refractivity contribution >= 4 is 11.7 Å². The zero-order valence-electron chi connectivity index (χ0n) is 14.1. The van der Waals surface area contributed by atoms with E-state index in [1.165, 1.54) is 0 Å². The van der Waals surface area contributed by atoms with E-state index in [4.69, 9.17) is 4.42 Å². The molecule has 0 saturated heterocycles. The molecule has 0 radical (unpaired) electrons. The third-order valence-electron chi connectivity index (χ3n) is 3.71. The van der Waals surface area contributed by atoms with E-state index < -0.39 is 0 Å². The van der Waals surface area contributed by atoms with Crippen LogP contribution in [0.4, 0.5) is 10.5 Å². The fourth-order valence-electron chi connectivity index (χ4n) is 2.45. The van der Waals surface area contributed by atoms with E-state index in [-0.39, 0.29) is 12.1 Å². The number of furan rings is 1. The van der Waals surface area contributed by atoms with Gasteiger partial charge in [0.25, 0.3) is 0 Å². The van der Waals surface area contributed by atoms with E-state index in [1.807, 2.05) is 31.1 Å². The van der Waals surface area contributed by atoms with Crippen molar-refractivity contribution in [2.45, 2.75) is 6.04 Å². The maximum absolute atomic E-state index is 12.3. The number of hydrogen-bond acceptors (Lipinski definition) is 5. The lowest BCUT2D eigenvalue weighted by atomic mass is 10.2. The molecule has 25 heavy (non-hydrogen) atoms. The number of rotatable bonds is 6. The van der Waals surface area contributed by atoms with Crippen molar-refractivity contribution in [3.05, 3.63) is 60.9 Å². The molecule has 0 saturated carbocycles. The average Bonchev–Trinajstić information content (AvgIpc) is 3.29. The smallest absolute Gasteiger partial charge is 0.319 e. The van der Waals surface area contributed by atoms with Gasteiger partial charge in [0, 0.05) is 25.1 Å². The Morgan fingerprint density at radius 3 is 2.84 bits per heavy atom. The van der Waals surface area contributed by atoms with Gasteiger partial charge in [-0.15, -0.1) is 0 Å². The third kappa shape index (κ3) is 4.04. The predicted octanol–water partition coefficient (Wildman–Crippen LogP) is 2.28. The topological polar surface area (TPSA) is 88.2 Å². The minimum absolute atomic E-state index is 0.0553. The summed E-state index contributed by atoms with van der Waals surface area (Å²) in [6.45, 7) is 0.406. The molecular weight excluding hydrogens is 320 g/mol. The minimum atomic E-state index is -0.320. The third-order valence-corrected chi connectivity index (χ3v) is 3.71. The van der Waals surface area contributed by atoms with E-state index in [0.717, 1.165) is 5.76 Å². The number of anilines is 1. The quantitative estimate of drug-likeness (QED) is 0.719. The number of hydrogen-bond donors (Lipinski definition) is 2. The number of pyridine rings is 1. The van der Waals surface area contributed by atoms with Crippen LogP contribution >= 0.6 is 0 Å². The van der Waals surface area contributed by atoms with Crippen molar-refractivity contribution in [1.82, 2.24) is 25.0 Å². The van der Waals surface area contributed by atoms with Crippen molar-refractivity contribution in [1.29, 1.82) is 0 Å². The number of likely N-dealkylation sites (N-methyl/N-ethyl adjacent to an activating group) is 1. The highest BCUT2D eigenvalue weighted by Crippen LogP contribution is 2.18. The van der Waals surface area contributed by atoms with Crippen LogP contribution in [0.15, 0.2) is 59.6 Å². The van der Waals surface area contributed by atoms with Gasteiger partial charge in [-0.3, -0.25) is 4.90 Å². The second-order valence-electron chi connectivity index (χ2n) is 5.66. The summed E-state index contributed by atoms with van der Waals surface area (Å²) in [7, 11) is 3.87. The first kappa shape index (κ1) is 16.7. The molecule has 0 spiro atoms. The van der Waals surface area contributed by atoms with Gasteiger partial charge in [-0.25, -0.2) is 14.5 Å². The van der Waals surface area contributed by atoms with Gasteiger partial charge in [0.05, 0.1) is 18.0 Å². The summed E-state index contributed by atoms with van der Waals surface area (Å²) in [5.74, 6) is 1.35. The normalized spacial score (nSPS) is 12.1. The molecule has 0 aliphatic rings. The van der Waals surface area contributed by atoms with Gasteiger partial charge in [-0.1, -0.05) is 0 Å². The van der Waals surface area contributed by atoms with Gasteiger partial charge in [-0.2, -0.15) is 5.10 Å². The van der Waals surface area contributed by atoms with Gasteiger partial charge in [-0.05, 0) is 44.4 Å². The molecule has 0 aliphatic carbocycles. The minimum Gasteiger partial charge on any atom is -0.468 e. The molecule has 0 bridgehead atoms. The van der Waals surface area contributed by atoms with E-state index in [9.17, 15) is 4.79 Å². The van der Waals surface area contributed by atoms with Crippen LogP contribution in [-0.2, 0) is 0 Å². The van der Waals surface area contributed by atoms with Gasteiger partial charge in [0.1, 0.15) is 5.76 Å². The highest BCUT2D eigenvalue weighted by molar-refractivity contribution is 5.90. The molecule has 130 valence electrons. The largest absolute Gasteiger partial charge is 0.468 e. The van der Waals surface area contributed by atoms with E-state index in [1.54, 1.807) is 47.7 Å². The highest BCUT2D eigenvalue weighted by Gasteiger charge is 2.18. The Morgan fingerprint density at radius 1 is 1.28 bits per heavy atom.